The molecule has 0 fully saturated rings. The van der Waals surface area contributed by atoms with Crippen molar-refractivity contribution in [2.45, 2.75) is 51.5 Å². The molecule has 1 aliphatic carbocycles. The highest BCUT2D eigenvalue weighted by Gasteiger charge is 2.12. The molecular weight excluding hydrogens is 244 g/mol. The summed E-state index contributed by atoms with van der Waals surface area (Å²) in [5.74, 6) is -0.447. The number of aliphatic carboxylic acids is 1. The van der Waals surface area contributed by atoms with Crippen molar-refractivity contribution >= 4 is 12.0 Å². The summed E-state index contributed by atoms with van der Waals surface area (Å²) in [6.07, 6.45) is 8.83. The van der Waals surface area contributed by atoms with E-state index in [1.165, 1.54) is 0 Å². The van der Waals surface area contributed by atoms with Crippen molar-refractivity contribution in [3.8, 4) is 0 Å². The van der Waals surface area contributed by atoms with E-state index in [1.807, 2.05) is 6.92 Å². The number of rotatable bonds is 7. The number of urea groups is 1. The number of nitrogens with one attached hydrogen (secondary N) is 2. The Labute approximate surface area is 114 Å². The molecule has 3 N–H and O–H groups in total. The van der Waals surface area contributed by atoms with Crippen molar-refractivity contribution in [1.82, 2.24) is 10.6 Å². The molecule has 19 heavy (non-hydrogen) atoms. The highest BCUT2D eigenvalue weighted by Crippen LogP contribution is 2.11. The maximum atomic E-state index is 11.6. The molecule has 0 aromatic rings. The highest BCUT2D eigenvalue weighted by atomic mass is 16.4. The van der Waals surface area contributed by atoms with E-state index in [0.717, 1.165) is 25.7 Å². The number of allylic oxidation sites excluding steroid dienone is 1. The van der Waals surface area contributed by atoms with Gasteiger partial charge in [0, 0.05) is 19.0 Å². The number of amides is 2. The molecule has 0 heterocycles. The molecule has 108 valence electrons. The Morgan fingerprint density at radius 1 is 1.37 bits per heavy atom. The van der Waals surface area contributed by atoms with E-state index in [-0.39, 0.29) is 18.5 Å². The highest BCUT2D eigenvalue weighted by molar-refractivity contribution is 5.74. The first kappa shape index (κ1) is 15.5. The van der Waals surface area contributed by atoms with Gasteiger partial charge in [-0.25, -0.2) is 4.79 Å². The summed E-state index contributed by atoms with van der Waals surface area (Å²) in [6.45, 7) is 2.60. The van der Waals surface area contributed by atoms with E-state index < -0.39 is 5.97 Å². The molecule has 0 saturated carbocycles. The first-order chi connectivity index (χ1) is 9.08. The van der Waals surface area contributed by atoms with Crippen molar-refractivity contribution in [3.05, 3.63) is 12.2 Å². The number of carboxylic acid groups (broad SMARTS) is 1. The standard InChI is InChI=1S/C14H24N2O3/c1-11(7-8-13(17)18)9-10-15-14(19)16-12-5-3-2-4-6-12/h2-3,11-12H,4-10H2,1H3,(H,17,18)(H2,15,16,19). The summed E-state index contributed by atoms with van der Waals surface area (Å²) < 4.78 is 0. The topological polar surface area (TPSA) is 78.4 Å². The average Bonchev–Trinajstić information content (AvgIpc) is 2.37. The van der Waals surface area contributed by atoms with Crippen LogP contribution in [0.5, 0.6) is 0 Å². The molecule has 1 aliphatic rings. The molecule has 5 heteroatoms. The predicted octanol–water partition coefficient (Wildman–Crippen LogP) is 2.29. The monoisotopic (exact) mass is 268 g/mol. The quantitative estimate of drug-likeness (QED) is 0.620. The largest absolute Gasteiger partial charge is 0.481 e. The summed E-state index contributed by atoms with van der Waals surface area (Å²) in [6, 6.07) is 0.125. The fourth-order valence-corrected chi connectivity index (χ4v) is 2.11. The summed E-state index contributed by atoms with van der Waals surface area (Å²) in [5.41, 5.74) is 0. The van der Waals surface area contributed by atoms with Gasteiger partial charge in [0.15, 0.2) is 0 Å². The summed E-state index contributed by atoms with van der Waals surface area (Å²) in [4.78, 5) is 22.0. The normalized spacial score (nSPS) is 19.7. The van der Waals surface area contributed by atoms with Crippen LogP contribution in [0, 0.1) is 5.92 Å². The molecule has 2 unspecified atom stereocenters. The zero-order chi connectivity index (χ0) is 14.1. The van der Waals surface area contributed by atoms with Crippen molar-refractivity contribution in [2.75, 3.05) is 6.54 Å². The van der Waals surface area contributed by atoms with E-state index in [0.29, 0.717) is 18.9 Å². The van der Waals surface area contributed by atoms with Crippen LogP contribution in [0.15, 0.2) is 12.2 Å². The lowest BCUT2D eigenvalue weighted by atomic mass is 10.0. The minimum atomic E-state index is -0.761. The van der Waals surface area contributed by atoms with Gasteiger partial charge in [-0.05, 0) is 38.0 Å². The first-order valence-corrected chi connectivity index (χ1v) is 6.99. The van der Waals surface area contributed by atoms with Crippen LogP contribution in [0.1, 0.15) is 45.4 Å². The van der Waals surface area contributed by atoms with Gasteiger partial charge in [-0.3, -0.25) is 4.79 Å². The van der Waals surface area contributed by atoms with Crippen molar-refractivity contribution in [2.24, 2.45) is 5.92 Å². The Bertz CT molecular complexity index is 329. The molecule has 0 aromatic carbocycles. The maximum Gasteiger partial charge on any atom is 0.315 e. The van der Waals surface area contributed by atoms with E-state index in [1.54, 1.807) is 0 Å². The van der Waals surface area contributed by atoms with Crippen LogP contribution < -0.4 is 10.6 Å². The van der Waals surface area contributed by atoms with Gasteiger partial charge in [0.1, 0.15) is 0 Å². The molecule has 2 atom stereocenters. The summed E-state index contributed by atoms with van der Waals surface area (Å²) in [5, 5.41) is 14.3. The van der Waals surface area contributed by atoms with Crippen LogP contribution in [-0.4, -0.2) is 29.7 Å². The smallest absolute Gasteiger partial charge is 0.315 e. The minimum Gasteiger partial charge on any atom is -0.481 e. The number of carbonyl (C=O) groups excluding carboxylic acids is 1. The van der Waals surface area contributed by atoms with Crippen molar-refractivity contribution < 1.29 is 14.7 Å². The predicted molar refractivity (Wildman–Crippen MR) is 74.0 cm³/mol. The van der Waals surface area contributed by atoms with Gasteiger partial charge in [0.25, 0.3) is 0 Å². The Morgan fingerprint density at radius 2 is 2.16 bits per heavy atom. The minimum absolute atomic E-state index is 0.120. The number of carboxylic acids is 1. The third-order valence-corrected chi connectivity index (χ3v) is 3.38. The fraction of sp³-hybridized carbons (Fsp3) is 0.714. The van der Waals surface area contributed by atoms with Gasteiger partial charge < -0.3 is 15.7 Å². The third kappa shape index (κ3) is 7.49. The Balaban J connectivity index is 2.06. The number of hydrogen-bond acceptors (Lipinski definition) is 2. The van der Waals surface area contributed by atoms with Crippen molar-refractivity contribution in [1.29, 1.82) is 0 Å². The van der Waals surface area contributed by atoms with E-state index >= 15 is 0 Å². The van der Waals surface area contributed by atoms with E-state index in [2.05, 4.69) is 22.8 Å². The molecular formula is C14H24N2O3. The van der Waals surface area contributed by atoms with Gasteiger partial charge in [0.2, 0.25) is 0 Å². The summed E-state index contributed by atoms with van der Waals surface area (Å²) in [7, 11) is 0. The Morgan fingerprint density at radius 3 is 2.79 bits per heavy atom. The first-order valence-electron chi connectivity index (χ1n) is 6.99. The molecule has 0 bridgehead atoms. The van der Waals surface area contributed by atoms with Gasteiger partial charge in [0.05, 0.1) is 0 Å². The maximum absolute atomic E-state index is 11.6. The second-order valence-electron chi connectivity index (χ2n) is 5.21. The van der Waals surface area contributed by atoms with E-state index in [9.17, 15) is 9.59 Å². The second kappa shape index (κ2) is 8.56. The summed E-state index contributed by atoms with van der Waals surface area (Å²) >= 11 is 0. The Kier molecular flexibility index (Phi) is 7.00. The lowest BCUT2D eigenvalue weighted by Gasteiger charge is -2.20. The third-order valence-electron chi connectivity index (χ3n) is 3.38. The molecule has 0 radical (unpaired) electrons. The molecule has 0 aliphatic heterocycles. The molecule has 2 amide bonds. The average molecular weight is 268 g/mol. The van der Waals surface area contributed by atoms with Crippen LogP contribution in [0.3, 0.4) is 0 Å². The lowest BCUT2D eigenvalue weighted by molar-refractivity contribution is -0.137. The second-order valence-corrected chi connectivity index (χ2v) is 5.21. The van der Waals surface area contributed by atoms with Crippen LogP contribution >= 0.6 is 0 Å². The van der Waals surface area contributed by atoms with E-state index in [4.69, 9.17) is 5.11 Å². The lowest BCUT2D eigenvalue weighted by Crippen LogP contribution is -2.42. The molecule has 0 saturated heterocycles. The van der Waals surface area contributed by atoms with Gasteiger partial charge in [-0.2, -0.15) is 0 Å². The van der Waals surface area contributed by atoms with Gasteiger partial charge >= 0.3 is 12.0 Å². The number of hydrogen-bond donors (Lipinski definition) is 3. The number of carbonyl (C=O) groups is 2. The molecule has 1 rings (SSSR count). The van der Waals surface area contributed by atoms with Crippen LogP contribution in [0.25, 0.3) is 0 Å². The van der Waals surface area contributed by atoms with Gasteiger partial charge in [-0.15, -0.1) is 0 Å². The van der Waals surface area contributed by atoms with Crippen LogP contribution in [0.4, 0.5) is 4.79 Å². The Hall–Kier alpha value is -1.52. The SMILES string of the molecule is CC(CCNC(=O)NC1CC=CCC1)CCC(=O)O. The molecule has 5 nitrogen and oxygen atoms in total. The van der Waals surface area contributed by atoms with Crippen molar-refractivity contribution in [3.63, 3.8) is 0 Å². The van der Waals surface area contributed by atoms with Crippen LogP contribution in [-0.2, 0) is 4.79 Å². The van der Waals surface area contributed by atoms with Crippen LogP contribution in [0.2, 0.25) is 0 Å². The zero-order valence-electron chi connectivity index (χ0n) is 11.5. The van der Waals surface area contributed by atoms with Gasteiger partial charge in [-0.1, -0.05) is 19.1 Å². The zero-order valence-corrected chi connectivity index (χ0v) is 11.5. The molecule has 0 spiro atoms. The molecule has 0 aromatic heterocycles. The fourth-order valence-electron chi connectivity index (χ4n) is 2.11.